The van der Waals surface area contributed by atoms with Crippen molar-refractivity contribution in [2.75, 3.05) is 4.90 Å². The molecule has 3 atom stereocenters. The summed E-state index contributed by atoms with van der Waals surface area (Å²) in [4.78, 5) is 26.9. The van der Waals surface area contributed by atoms with Crippen LogP contribution in [0.4, 0.5) is 5.69 Å². The van der Waals surface area contributed by atoms with Crippen molar-refractivity contribution in [2.24, 2.45) is 16.9 Å². The molecular weight excluding hydrogens is 382 g/mol. The summed E-state index contributed by atoms with van der Waals surface area (Å²) < 4.78 is 0. The van der Waals surface area contributed by atoms with Gasteiger partial charge in [-0.05, 0) is 37.5 Å². The van der Waals surface area contributed by atoms with Gasteiger partial charge in [-0.3, -0.25) is 19.9 Å². The number of imide groups is 1. The third-order valence-electron chi connectivity index (χ3n) is 6.19. The SMILES string of the molecule is CC1(c2cccc(N3C(=O)C4CCCCC4C3=O)c2)NN=C(c2ccccc2)S1. The van der Waals surface area contributed by atoms with Crippen molar-refractivity contribution in [3.8, 4) is 0 Å². The number of carbonyl (C=O) groups is 2. The Balaban J connectivity index is 1.42. The average Bonchev–Trinajstić information content (AvgIpc) is 3.28. The Morgan fingerprint density at radius 3 is 2.38 bits per heavy atom. The van der Waals surface area contributed by atoms with Gasteiger partial charge in [-0.15, -0.1) is 0 Å². The van der Waals surface area contributed by atoms with Crippen LogP contribution in [0, 0.1) is 11.8 Å². The first-order valence-electron chi connectivity index (χ1n) is 10.1. The minimum absolute atomic E-state index is 0.0322. The molecule has 0 spiro atoms. The van der Waals surface area contributed by atoms with Crippen LogP contribution in [0.25, 0.3) is 0 Å². The highest BCUT2D eigenvalue weighted by Crippen LogP contribution is 2.43. The normalized spacial score (nSPS) is 28.9. The lowest BCUT2D eigenvalue weighted by atomic mass is 9.81. The first-order valence-corrected chi connectivity index (χ1v) is 11.0. The zero-order valence-corrected chi connectivity index (χ0v) is 17.1. The van der Waals surface area contributed by atoms with Gasteiger partial charge >= 0.3 is 0 Å². The summed E-state index contributed by atoms with van der Waals surface area (Å²) in [5.74, 6) is -0.337. The van der Waals surface area contributed by atoms with E-state index in [4.69, 9.17) is 0 Å². The average molecular weight is 406 g/mol. The molecule has 3 aliphatic rings. The van der Waals surface area contributed by atoms with Crippen molar-refractivity contribution in [1.29, 1.82) is 0 Å². The number of anilines is 1. The van der Waals surface area contributed by atoms with Gasteiger partial charge in [0, 0.05) is 5.56 Å². The Morgan fingerprint density at radius 1 is 1.00 bits per heavy atom. The van der Waals surface area contributed by atoms with Gasteiger partial charge < -0.3 is 0 Å². The largest absolute Gasteiger partial charge is 0.288 e. The highest BCUT2D eigenvalue weighted by molar-refractivity contribution is 8.15. The van der Waals surface area contributed by atoms with E-state index in [2.05, 4.69) is 17.5 Å². The molecule has 1 aliphatic carbocycles. The molecule has 2 aromatic carbocycles. The molecule has 2 amide bonds. The fourth-order valence-electron chi connectivity index (χ4n) is 4.58. The quantitative estimate of drug-likeness (QED) is 0.776. The van der Waals surface area contributed by atoms with Gasteiger partial charge in [0.05, 0.1) is 17.5 Å². The number of benzene rings is 2. The van der Waals surface area contributed by atoms with Crippen LogP contribution in [0.2, 0.25) is 0 Å². The summed E-state index contributed by atoms with van der Waals surface area (Å²) in [7, 11) is 0. The van der Waals surface area contributed by atoms with Crippen molar-refractivity contribution in [3.05, 3.63) is 65.7 Å². The molecule has 2 aromatic rings. The van der Waals surface area contributed by atoms with Gasteiger partial charge in [0.2, 0.25) is 11.8 Å². The zero-order valence-electron chi connectivity index (χ0n) is 16.3. The standard InChI is InChI=1S/C23H23N3O2S/c1-23(25-24-20(29-23)15-8-3-2-4-9-15)16-10-7-11-17(14-16)26-21(27)18-12-5-6-13-19(18)22(26)28/h2-4,7-11,14,18-19,25H,5-6,12-13H2,1H3. The number of thioether (sulfide) groups is 1. The number of fused-ring (bicyclic) bond motifs is 1. The first kappa shape index (κ1) is 18.4. The predicted molar refractivity (Wildman–Crippen MR) is 115 cm³/mol. The van der Waals surface area contributed by atoms with Crippen molar-refractivity contribution >= 4 is 34.3 Å². The molecule has 6 heteroatoms. The molecular formula is C23H23N3O2S. The topological polar surface area (TPSA) is 61.8 Å². The molecule has 0 aromatic heterocycles. The molecule has 1 N–H and O–H groups in total. The number of hydrogen-bond donors (Lipinski definition) is 1. The van der Waals surface area contributed by atoms with Crippen molar-refractivity contribution in [3.63, 3.8) is 0 Å². The lowest BCUT2D eigenvalue weighted by molar-refractivity contribution is -0.122. The van der Waals surface area contributed by atoms with E-state index in [1.807, 2.05) is 54.6 Å². The second kappa shape index (κ2) is 7.02. The fraction of sp³-hybridized carbons (Fsp3) is 0.348. The van der Waals surface area contributed by atoms with Crippen LogP contribution < -0.4 is 10.3 Å². The monoisotopic (exact) mass is 405 g/mol. The summed E-state index contributed by atoms with van der Waals surface area (Å²) in [6.45, 7) is 2.07. The summed E-state index contributed by atoms with van der Waals surface area (Å²) >= 11 is 1.64. The molecule has 0 bridgehead atoms. The maximum Gasteiger partial charge on any atom is 0.237 e. The number of rotatable bonds is 3. The van der Waals surface area contributed by atoms with Crippen LogP contribution in [0.3, 0.4) is 0 Å². The van der Waals surface area contributed by atoms with Crippen molar-refractivity contribution in [1.82, 2.24) is 5.43 Å². The van der Waals surface area contributed by atoms with E-state index in [0.717, 1.165) is 41.9 Å². The Hall–Kier alpha value is -2.60. The highest BCUT2D eigenvalue weighted by Gasteiger charge is 2.49. The predicted octanol–water partition coefficient (Wildman–Crippen LogP) is 4.24. The molecule has 2 aliphatic heterocycles. The molecule has 1 saturated carbocycles. The third-order valence-corrected chi connectivity index (χ3v) is 7.44. The van der Waals surface area contributed by atoms with Crippen LogP contribution in [0.5, 0.6) is 0 Å². The van der Waals surface area contributed by atoms with E-state index in [9.17, 15) is 9.59 Å². The Morgan fingerprint density at radius 2 is 1.69 bits per heavy atom. The van der Waals surface area contributed by atoms with E-state index in [1.165, 1.54) is 4.90 Å². The molecule has 29 heavy (non-hydrogen) atoms. The van der Waals surface area contributed by atoms with Crippen molar-refractivity contribution in [2.45, 2.75) is 37.5 Å². The van der Waals surface area contributed by atoms with E-state index in [1.54, 1.807) is 11.8 Å². The van der Waals surface area contributed by atoms with Gasteiger partial charge in [-0.25, -0.2) is 0 Å². The molecule has 2 fully saturated rings. The molecule has 1 saturated heterocycles. The first-order chi connectivity index (χ1) is 14.1. The van der Waals surface area contributed by atoms with Gasteiger partial charge in [-0.1, -0.05) is 67.1 Å². The van der Waals surface area contributed by atoms with E-state index in [0.29, 0.717) is 5.69 Å². The Bertz CT molecular complexity index is 982. The Kier molecular flexibility index (Phi) is 4.46. The van der Waals surface area contributed by atoms with Gasteiger partial charge in [0.25, 0.3) is 0 Å². The summed E-state index contributed by atoms with van der Waals surface area (Å²) in [6, 6.07) is 17.8. The van der Waals surface area contributed by atoms with Crippen molar-refractivity contribution < 1.29 is 9.59 Å². The van der Waals surface area contributed by atoms with E-state index in [-0.39, 0.29) is 23.7 Å². The minimum atomic E-state index is -0.459. The van der Waals surface area contributed by atoms with Crippen LogP contribution in [-0.4, -0.2) is 16.9 Å². The van der Waals surface area contributed by atoms with Crippen LogP contribution in [0.15, 0.2) is 59.7 Å². The second-order valence-electron chi connectivity index (χ2n) is 8.09. The molecule has 2 heterocycles. The zero-order chi connectivity index (χ0) is 20.0. The fourth-order valence-corrected chi connectivity index (χ4v) is 5.65. The molecule has 5 nitrogen and oxygen atoms in total. The lowest BCUT2D eigenvalue weighted by Gasteiger charge is -2.25. The second-order valence-corrected chi connectivity index (χ2v) is 9.50. The molecule has 0 radical (unpaired) electrons. The van der Waals surface area contributed by atoms with Crippen LogP contribution in [-0.2, 0) is 14.5 Å². The highest BCUT2D eigenvalue weighted by atomic mass is 32.2. The van der Waals surface area contributed by atoms with Crippen LogP contribution in [0.1, 0.15) is 43.7 Å². The van der Waals surface area contributed by atoms with E-state index >= 15 is 0 Å². The van der Waals surface area contributed by atoms with Gasteiger partial charge in [-0.2, -0.15) is 5.10 Å². The third kappa shape index (κ3) is 3.06. The number of hydrazone groups is 1. The van der Waals surface area contributed by atoms with Gasteiger partial charge in [0.15, 0.2) is 0 Å². The van der Waals surface area contributed by atoms with E-state index < -0.39 is 4.87 Å². The molecule has 3 unspecified atom stereocenters. The number of hydrogen-bond acceptors (Lipinski definition) is 5. The summed E-state index contributed by atoms with van der Waals surface area (Å²) in [5, 5.41) is 5.46. The molecule has 148 valence electrons. The lowest BCUT2D eigenvalue weighted by Crippen LogP contribution is -2.32. The van der Waals surface area contributed by atoms with Gasteiger partial charge in [0.1, 0.15) is 9.91 Å². The minimum Gasteiger partial charge on any atom is -0.288 e. The number of amides is 2. The summed E-state index contributed by atoms with van der Waals surface area (Å²) in [6.07, 6.45) is 3.72. The summed E-state index contributed by atoms with van der Waals surface area (Å²) in [5.41, 5.74) is 5.98. The number of carbonyl (C=O) groups excluding carboxylic acids is 2. The van der Waals surface area contributed by atoms with Crippen LogP contribution >= 0.6 is 11.8 Å². The maximum absolute atomic E-state index is 13.0. The number of nitrogens with zero attached hydrogens (tertiary/aromatic N) is 2. The smallest absolute Gasteiger partial charge is 0.237 e. The molecule has 5 rings (SSSR count). The maximum atomic E-state index is 13.0. The Labute approximate surface area is 174 Å². The number of nitrogens with one attached hydrogen (secondary N) is 1.